The van der Waals surface area contributed by atoms with Crippen LogP contribution in [0.3, 0.4) is 0 Å². The predicted octanol–water partition coefficient (Wildman–Crippen LogP) is 11.0. The van der Waals surface area contributed by atoms with E-state index < -0.39 is 0 Å². The molecule has 2 aliphatic carbocycles. The fourth-order valence-electron chi connectivity index (χ4n) is 6.79. The van der Waals surface area contributed by atoms with Crippen LogP contribution < -0.4 is 4.90 Å². The van der Waals surface area contributed by atoms with Gasteiger partial charge in [-0.25, -0.2) is 0 Å². The minimum absolute atomic E-state index is 0.0392. The highest BCUT2D eigenvalue weighted by molar-refractivity contribution is 5.91. The van der Waals surface area contributed by atoms with Gasteiger partial charge in [-0.1, -0.05) is 117 Å². The monoisotopic (exact) mass is 529 g/mol. The largest absolute Gasteiger partial charge is 0.317 e. The van der Waals surface area contributed by atoms with Gasteiger partial charge in [0.05, 0.1) is 0 Å². The number of anilines is 2. The van der Waals surface area contributed by atoms with Crippen molar-refractivity contribution in [3.63, 3.8) is 0 Å². The van der Waals surface area contributed by atoms with Crippen LogP contribution in [0.5, 0.6) is 0 Å². The summed E-state index contributed by atoms with van der Waals surface area (Å²) >= 11 is 0. The van der Waals surface area contributed by atoms with E-state index in [4.69, 9.17) is 0 Å². The highest BCUT2D eigenvalue weighted by Crippen LogP contribution is 2.50. The van der Waals surface area contributed by atoms with Gasteiger partial charge in [0.2, 0.25) is 0 Å². The molecule has 0 N–H and O–H groups in total. The van der Waals surface area contributed by atoms with Crippen LogP contribution in [0.4, 0.5) is 11.4 Å². The number of aryl methyl sites for hydroxylation is 1. The molecular weight excluding hydrogens is 494 g/mol. The van der Waals surface area contributed by atoms with Gasteiger partial charge in [-0.05, 0) is 99.7 Å². The molecule has 0 saturated heterocycles. The van der Waals surface area contributed by atoms with Crippen molar-refractivity contribution in [1.29, 1.82) is 0 Å². The van der Waals surface area contributed by atoms with Crippen LogP contribution in [-0.4, -0.2) is 0 Å². The molecule has 0 amide bonds. The van der Waals surface area contributed by atoms with Gasteiger partial charge in [0.1, 0.15) is 0 Å². The minimum Gasteiger partial charge on any atom is -0.317 e. The van der Waals surface area contributed by atoms with Gasteiger partial charge in [-0.3, -0.25) is 0 Å². The zero-order chi connectivity index (χ0) is 28.0. The van der Waals surface area contributed by atoms with Crippen LogP contribution >= 0.6 is 0 Å². The molecule has 0 spiro atoms. The van der Waals surface area contributed by atoms with Gasteiger partial charge >= 0.3 is 0 Å². The van der Waals surface area contributed by atoms with Crippen molar-refractivity contribution in [2.45, 2.75) is 39.0 Å². The van der Waals surface area contributed by atoms with Crippen LogP contribution in [0.2, 0.25) is 0 Å². The summed E-state index contributed by atoms with van der Waals surface area (Å²) in [5.41, 5.74) is 15.6. The number of benzene rings is 5. The number of hydrogen-bond acceptors (Lipinski definition) is 1. The van der Waals surface area contributed by atoms with Gasteiger partial charge < -0.3 is 4.90 Å². The molecule has 5 aromatic rings. The molecule has 0 unspecified atom stereocenters. The summed E-state index contributed by atoms with van der Waals surface area (Å²) in [6.07, 6.45) is 11.2. The molecule has 2 aliphatic rings. The van der Waals surface area contributed by atoms with Crippen LogP contribution in [0, 0.1) is 0 Å². The number of allylic oxidation sites excluding steroid dienone is 2. The lowest BCUT2D eigenvalue weighted by Crippen LogP contribution is -2.16. The molecule has 0 saturated carbocycles. The van der Waals surface area contributed by atoms with E-state index in [0.717, 1.165) is 18.5 Å². The Kier molecular flexibility index (Phi) is 6.24. The van der Waals surface area contributed by atoms with Gasteiger partial charge in [-0.15, -0.1) is 0 Å². The summed E-state index contributed by atoms with van der Waals surface area (Å²) < 4.78 is 0. The topological polar surface area (TPSA) is 3.24 Å². The molecular formula is C40H35N. The zero-order valence-corrected chi connectivity index (χ0v) is 24.1. The summed E-state index contributed by atoms with van der Waals surface area (Å²) in [4.78, 5) is 2.33. The third-order valence-corrected chi connectivity index (χ3v) is 8.86. The standard InChI is InChI=1S/C40H35N/c1-4-25-41(31-22-24-36-35-18-10-11-20-38(35)40(2,3)39(36)27-31)30-21-23-34(37(26-30)29-13-6-5-7-14-29)33-19-12-16-28-15-8-9-17-32(28)33/h4-7,9-14,16-27H,8,15H2,1-3H3/b25-4+. The van der Waals surface area contributed by atoms with Gasteiger partial charge in [0.15, 0.2) is 0 Å². The van der Waals surface area contributed by atoms with Crippen molar-refractivity contribution < 1.29 is 0 Å². The Morgan fingerprint density at radius 3 is 2.17 bits per heavy atom. The number of hydrogen-bond donors (Lipinski definition) is 0. The highest BCUT2D eigenvalue weighted by Gasteiger charge is 2.35. The van der Waals surface area contributed by atoms with E-state index in [2.05, 4.69) is 159 Å². The van der Waals surface area contributed by atoms with E-state index in [1.165, 1.54) is 61.3 Å². The lowest BCUT2D eigenvalue weighted by molar-refractivity contribution is 0.660. The molecule has 0 fully saturated rings. The summed E-state index contributed by atoms with van der Waals surface area (Å²) in [5.74, 6) is 0. The first-order valence-electron chi connectivity index (χ1n) is 14.7. The van der Waals surface area contributed by atoms with Crippen molar-refractivity contribution in [2.24, 2.45) is 0 Å². The normalized spacial score (nSPS) is 14.5. The Morgan fingerprint density at radius 1 is 0.634 bits per heavy atom. The molecule has 41 heavy (non-hydrogen) atoms. The molecule has 1 nitrogen and oxygen atoms in total. The molecule has 0 aromatic heterocycles. The predicted molar refractivity (Wildman–Crippen MR) is 176 cm³/mol. The Hall–Kier alpha value is -4.62. The molecule has 0 aliphatic heterocycles. The molecule has 0 radical (unpaired) electrons. The van der Waals surface area contributed by atoms with Gasteiger partial charge in [-0.2, -0.15) is 0 Å². The van der Waals surface area contributed by atoms with Crippen molar-refractivity contribution in [2.75, 3.05) is 4.90 Å². The Labute approximate surface area is 244 Å². The van der Waals surface area contributed by atoms with Crippen LogP contribution in [-0.2, 0) is 11.8 Å². The molecule has 0 atom stereocenters. The summed E-state index contributed by atoms with van der Waals surface area (Å²) in [7, 11) is 0. The molecule has 7 rings (SSSR count). The van der Waals surface area contributed by atoms with Crippen molar-refractivity contribution in [3.8, 4) is 33.4 Å². The maximum atomic E-state index is 2.39. The molecule has 200 valence electrons. The lowest BCUT2D eigenvalue weighted by Gasteiger charge is -2.26. The first-order valence-corrected chi connectivity index (χ1v) is 14.7. The minimum atomic E-state index is -0.0392. The summed E-state index contributed by atoms with van der Waals surface area (Å²) in [6.45, 7) is 6.78. The highest BCUT2D eigenvalue weighted by atomic mass is 15.1. The molecule has 0 heterocycles. The van der Waals surface area contributed by atoms with E-state index >= 15 is 0 Å². The van der Waals surface area contributed by atoms with Crippen molar-refractivity contribution >= 4 is 17.5 Å². The zero-order valence-electron chi connectivity index (χ0n) is 24.1. The van der Waals surface area contributed by atoms with Crippen LogP contribution in [0.25, 0.3) is 39.5 Å². The van der Waals surface area contributed by atoms with Crippen LogP contribution in [0.15, 0.2) is 128 Å². The number of rotatable bonds is 5. The average Bonchev–Trinajstić information content (AvgIpc) is 3.25. The second kappa shape index (κ2) is 10.1. The Morgan fingerprint density at radius 2 is 1.34 bits per heavy atom. The number of nitrogens with zero attached hydrogens (tertiary/aromatic N) is 1. The maximum Gasteiger partial charge on any atom is 0.0461 e. The first-order chi connectivity index (χ1) is 20.1. The van der Waals surface area contributed by atoms with Gasteiger partial charge in [0, 0.05) is 23.0 Å². The second-order valence-corrected chi connectivity index (χ2v) is 11.7. The molecule has 0 bridgehead atoms. The smallest absolute Gasteiger partial charge is 0.0461 e. The molecule has 5 aromatic carbocycles. The quantitative estimate of drug-likeness (QED) is 0.219. The fraction of sp³-hybridized carbons (Fsp3) is 0.150. The maximum absolute atomic E-state index is 2.39. The average molecular weight is 530 g/mol. The first kappa shape index (κ1) is 25.4. The summed E-state index contributed by atoms with van der Waals surface area (Å²) in [6, 6.07) is 40.4. The fourth-order valence-corrected chi connectivity index (χ4v) is 6.79. The van der Waals surface area contributed by atoms with E-state index in [-0.39, 0.29) is 5.41 Å². The van der Waals surface area contributed by atoms with E-state index in [1.807, 2.05) is 0 Å². The van der Waals surface area contributed by atoms with E-state index in [0.29, 0.717) is 0 Å². The Balaban J connectivity index is 1.38. The summed E-state index contributed by atoms with van der Waals surface area (Å²) in [5, 5.41) is 0. The van der Waals surface area contributed by atoms with Crippen LogP contribution in [0.1, 0.15) is 49.4 Å². The Bertz CT molecular complexity index is 1820. The number of fused-ring (bicyclic) bond motifs is 4. The third-order valence-electron chi connectivity index (χ3n) is 8.86. The van der Waals surface area contributed by atoms with Crippen molar-refractivity contribution in [1.82, 2.24) is 0 Å². The van der Waals surface area contributed by atoms with Gasteiger partial charge in [0.25, 0.3) is 0 Å². The third kappa shape index (κ3) is 4.24. The van der Waals surface area contributed by atoms with Crippen molar-refractivity contribution in [3.05, 3.63) is 150 Å². The van der Waals surface area contributed by atoms with E-state index in [1.54, 1.807) is 0 Å². The van der Waals surface area contributed by atoms with E-state index in [9.17, 15) is 0 Å². The SMILES string of the molecule is C/C=C/N(c1ccc(-c2cccc3c2C=CCC3)c(-c2ccccc2)c1)c1ccc2c(c1)C(C)(C)c1ccccc1-2. The second-order valence-electron chi connectivity index (χ2n) is 11.7. The lowest BCUT2D eigenvalue weighted by atomic mass is 9.82. The molecule has 1 heteroatoms.